The normalized spacial score (nSPS) is 26.2. The topological polar surface area (TPSA) is 50.1 Å². The molecule has 1 rings (SSSR count). The SMILES string of the molecule is CCC1=CCC(C#N)(C(=O)OC)CC1. The van der Waals surface area contributed by atoms with Gasteiger partial charge in [0, 0.05) is 0 Å². The Bertz CT molecular complexity index is 301. The summed E-state index contributed by atoms with van der Waals surface area (Å²) in [4.78, 5) is 11.4. The first-order valence-corrected chi connectivity index (χ1v) is 4.86. The van der Waals surface area contributed by atoms with Crippen molar-refractivity contribution >= 4 is 5.97 Å². The minimum absolute atomic E-state index is 0.397. The van der Waals surface area contributed by atoms with Gasteiger partial charge in [0.2, 0.25) is 0 Å². The average molecular weight is 193 g/mol. The van der Waals surface area contributed by atoms with Gasteiger partial charge >= 0.3 is 5.97 Å². The summed E-state index contributed by atoms with van der Waals surface area (Å²) in [5.74, 6) is -0.397. The van der Waals surface area contributed by atoms with Gasteiger partial charge in [0.1, 0.15) is 0 Å². The summed E-state index contributed by atoms with van der Waals surface area (Å²) in [6.07, 6.45) is 4.93. The molecule has 3 nitrogen and oxygen atoms in total. The van der Waals surface area contributed by atoms with Crippen LogP contribution in [0.15, 0.2) is 11.6 Å². The summed E-state index contributed by atoms with van der Waals surface area (Å²) in [5.41, 5.74) is 0.410. The van der Waals surface area contributed by atoms with Crippen molar-refractivity contribution < 1.29 is 9.53 Å². The van der Waals surface area contributed by atoms with E-state index in [-0.39, 0.29) is 0 Å². The van der Waals surface area contributed by atoms with E-state index < -0.39 is 11.4 Å². The number of allylic oxidation sites excluding steroid dienone is 2. The summed E-state index contributed by atoms with van der Waals surface area (Å²) in [5, 5.41) is 9.02. The Morgan fingerprint density at radius 1 is 1.79 bits per heavy atom. The molecule has 3 heteroatoms. The zero-order chi connectivity index (χ0) is 10.6. The Labute approximate surface area is 84.4 Å². The van der Waals surface area contributed by atoms with E-state index in [1.54, 1.807) is 0 Å². The third-order valence-electron chi connectivity index (χ3n) is 2.86. The van der Waals surface area contributed by atoms with Crippen LogP contribution in [0.4, 0.5) is 0 Å². The highest BCUT2D eigenvalue weighted by Crippen LogP contribution is 2.36. The molecule has 0 heterocycles. The Hall–Kier alpha value is -1.30. The lowest BCUT2D eigenvalue weighted by Gasteiger charge is -2.26. The van der Waals surface area contributed by atoms with Gasteiger partial charge in [0.15, 0.2) is 5.41 Å². The molecule has 14 heavy (non-hydrogen) atoms. The van der Waals surface area contributed by atoms with E-state index in [1.165, 1.54) is 12.7 Å². The second-order valence-corrected chi connectivity index (χ2v) is 3.61. The Balaban J connectivity index is 2.83. The zero-order valence-corrected chi connectivity index (χ0v) is 8.67. The summed E-state index contributed by atoms with van der Waals surface area (Å²) >= 11 is 0. The van der Waals surface area contributed by atoms with Gasteiger partial charge in [-0.1, -0.05) is 18.6 Å². The fourth-order valence-corrected chi connectivity index (χ4v) is 1.75. The lowest BCUT2D eigenvalue weighted by atomic mass is 9.75. The van der Waals surface area contributed by atoms with Crippen molar-refractivity contribution in [1.29, 1.82) is 5.26 Å². The number of carbonyl (C=O) groups excluding carboxylic acids is 1. The maximum absolute atomic E-state index is 11.4. The first-order valence-electron chi connectivity index (χ1n) is 4.86. The second-order valence-electron chi connectivity index (χ2n) is 3.61. The standard InChI is InChI=1S/C11H15NO2/c1-3-9-4-6-11(8-12,7-5-9)10(13)14-2/h4H,3,5-7H2,1-2H3. The van der Waals surface area contributed by atoms with E-state index in [0.29, 0.717) is 12.8 Å². The minimum atomic E-state index is -0.923. The van der Waals surface area contributed by atoms with Crippen LogP contribution in [0.5, 0.6) is 0 Å². The largest absolute Gasteiger partial charge is 0.468 e. The highest BCUT2D eigenvalue weighted by molar-refractivity contribution is 5.80. The first kappa shape index (κ1) is 10.8. The van der Waals surface area contributed by atoms with E-state index in [1.807, 2.05) is 6.08 Å². The van der Waals surface area contributed by atoms with Gasteiger partial charge in [-0.05, 0) is 25.7 Å². The van der Waals surface area contributed by atoms with E-state index in [4.69, 9.17) is 5.26 Å². The van der Waals surface area contributed by atoms with Gasteiger partial charge < -0.3 is 4.74 Å². The van der Waals surface area contributed by atoms with E-state index in [2.05, 4.69) is 17.7 Å². The van der Waals surface area contributed by atoms with Crippen molar-refractivity contribution in [3.8, 4) is 6.07 Å². The highest BCUT2D eigenvalue weighted by atomic mass is 16.5. The predicted octanol–water partition coefficient (Wildman–Crippen LogP) is 2.19. The van der Waals surface area contributed by atoms with Crippen LogP contribution in [0.2, 0.25) is 0 Å². The number of ether oxygens (including phenoxy) is 1. The maximum Gasteiger partial charge on any atom is 0.326 e. The number of esters is 1. The Morgan fingerprint density at radius 2 is 2.50 bits per heavy atom. The van der Waals surface area contributed by atoms with Gasteiger partial charge in [-0.15, -0.1) is 0 Å². The molecule has 1 unspecified atom stereocenters. The smallest absolute Gasteiger partial charge is 0.326 e. The summed E-state index contributed by atoms with van der Waals surface area (Å²) in [6.45, 7) is 2.09. The summed E-state index contributed by atoms with van der Waals surface area (Å²) < 4.78 is 4.66. The average Bonchev–Trinajstić information content (AvgIpc) is 2.28. The number of rotatable bonds is 2. The van der Waals surface area contributed by atoms with Crippen LogP contribution >= 0.6 is 0 Å². The molecule has 1 aliphatic carbocycles. The van der Waals surface area contributed by atoms with Crippen molar-refractivity contribution in [2.45, 2.75) is 32.6 Å². The number of nitriles is 1. The molecule has 0 spiro atoms. The third kappa shape index (κ3) is 1.79. The molecular formula is C11H15NO2. The van der Waals surface area contributed by atoms with Gasteiger partial charge in [-0.3, -0.25) is 4.79 Å². The Morgan fingerprint density at radius 3 is 2.86 bits per heavy atom. The van der Waals surface area contributed by atoms with Gasteiger partial charge in [0.05, 0.1) is 13.2 Å². The number of methoxy groups -OCH3 is 1. The molecule has 0 bridgehead atoms. The van der Waals surface area contributed by atoms with Crippen LogP contribution in [0.25, 0.3) is 0 Å². The van der Waals surface area contributed by atoms with E-state index >= 15 is 0 Å². The van der Waals surface area contributed by atoms with E-state index in [0.717, 1.165) is 12.8 Å². The van der Waals surface area contributed by atoms with Crippen LogP contribution in [-0.2, 0) is 9.53 Å². The zero-order valence-electron chi connectivity index (χ0n) is 8.67. The molecule has 0 radical (unpaired) electrons. The number of carbonyl (C=O) groups is 1. The third-order valence-corrected chi connectivity index (χ3v) is 2.86. The molecule has 76 valence electrons. The Kier molecular flexibility index (Phi) is 3.29. The number of nitrogens with zero attached hydrogens (tertiary/aromatic N) is 1. The van der Waals surface area contributed by atoms with Crippen LogP contribution in [0, 0.1) is 16.7 Å². The molecule has 0 aliphatic heterocycles. The number of hydrogen-bond acceptors (Lipinski definition) is 3. The van der Waals surface area contributed by atoms with Crippen LogP contribution in [-0.4, -0.2) is 13.1 Å². The van der Waals surface area contributed by atoms with E-state index in [9.17, 15) is 4.79 Å². The fraction of sp³-hybridized carbons (Fsp3) is 0.636. The van der Waals surface area contributed by atoms with Crippen molar-refractivity contribution in [2.24, 2.45) is 5.41 Å². The number of hydrogen-bond donors (Lipinski definition) is 0. The molecule has 0 aromatic carbocycles. The van der Waals surface area contributed by atoms with Crippen molar-refractivity contribution in [3.05, 3.63) is 11.6 Å². The van der Waals surface area contributed by atoms with Gasteiger partial charge in [-0.2, -0.15) is 5.26 Å². The molecule has 0 saturated carbocycles. The molecular weight excluding hydrogens is 178 g/mol. The van der Waals surface area contributed by atoms with Crippen molar-refractivity contribution in [2.75, 3.05) is 7.11 Å². The maximum atomic E-state index is 11.4. The quantitative estimate of drug-likeness (QED) is 0.499. The predicted molar refractivity (Wildman–Crippen MR) is 52.3 cm³/mol. The lowest BCUT2D eigenvalue weighted by Crippen LogP contribution is -2.32. The van der Waals surface area contributed by atoms with Crippen molar-refractivity contribution in [3.63, 3.8) is 0 Å². The van der Waals surface area contributed by atoms with Gasteiger partial charge in [0.25, 0.3) is 0 Å². The molecule has 0 fully saturated rings. The lowest BCUT2D eigenvalue weighted by molar-refractivity contribution is -0.149. The molecule has 0 saturated heterocycles. The van der Waals surface area contributed by atoms with Crippen molar-refractivity contribution in [1.82, 2.24) is 0 Å². The van der Waals surface area contributed by atoms with Gasteiger partial charge in [-0.25, -0.2) is 0 Å². The summed E-state index contributed by atoms with van der Waals surface area (Å²) in [6, 6.07) is 2.09. The molecule has 1 atom stereocenters. The summed E-state index contributed by atoms with van der Waals surface area (Å²) in [7, 11) is 1.33. The molecule has 1 aliphatic rings. The minimum Gasteiger partial charge on any atom is -0.468 e. The molecule has 0 amide bonds. The molecule has 0 aromatic rings. The highest BCUT2D eigenvalue weighted by Gasteiger charge is 2.40. The van der Waals surface area contributed by atoms with Crippen LogP contribution in [0.3, 0.4) is 0 Å². The van der Waals surface area contributed by atoms with Crippen LogP contribution < -0.4 is 0 Å². The fourth-order valence-electron chi connectivity index (χ4n) is 1.75. The van der Waals surface area contributed by atoms with Crippen LogP contribution in [0.1, 0.15) is 32.6 Å². The molecule has 0 N–H and O–H groups in total. The second kappa shape index (κ2) is 4.28. The monoisotopic (exact) mass is 193 g/mol. The first-order chi connectivity index (χ1) is 6.68. The molecule has 0 aromatic heterocycles.